The summed E-state index contributed by atoms with van der Waals surface area (Å²) in [5, 5.41) is 4.88. The Labute approximate surface area is 108 Å². The number of hydrogen-bond acceptors (Lipinski definition) is 2. The number of amidine groups is 1. The molecule has 1 saturated heterocycles. The minimum atomic E-state index is 0.298. The van der Waals surface area contributed by atoms with E-state index in [0.717, 1.165) is 23.7 Å². The van der Waals surface area contributed by atoms with Crippen LogP contribution in [0.15, 0.2) is 4.99 Å². The van der Waals surface area contributed by atoms with E-state index in [2.05, 4.69) is 19.2 Å². The van der Waals surface area contributed by atoms with Gasteiger partial charge in [0.25, 0.3) is 0 Å². The molecule has 0 radical (unpaired) electrons. The molecule has 3 heteroatoms. The molecule has 2 nitrogen and oxygen atoms in total. The van der Waals surface area contributed by atoms with E-state index < -0.39 is 0 Å². The fourth-order valence-electron chi connectivity index (χ4n) is 4.41. The number of nitrogens with zero attached hydrogens (tertiary/aromatic N) is 1. The number of hydrogen-bond donors (Lipinski definition) is 1. The summed E-state index contributed by atoms with van der Waals surface area (Å²) >= 11 is 1.94. The van der Waals surface area contributed by atoms with Crippen LogP contribution in [0.25, 0.3) is 0 Å². The molecule has 94 valence electrons. The van der Waals surface area contributed by atoms with E-state index in [1.165, 1.54) is 36.6 Å². The monoisotopic (exact) mass is 250 g/mol. The van der Waals surface area contributed by atoms with Crippen LogP contribution >= 0.6 is 11.8 Å². The maximum absolute atomic E-state index is 5.02. The van der Waals surface area contributed by atoms with Gasteiger partial charge < -0.3 is 5.32 Å². The maximum Gasteiger partial charge on any atom is 0.157 e. The second-order valence-corrected chi connectivity index (χ2v) is 7.70. The summed E-state index contributed by atoms with van der Waals surface area (Å²) in [5.41, 5.74) is 0.298. The topological polar surface area (TPSA) is 24.4 Å². The molecule has 0 aromatic heterocycles. The fourth-order valence-corrected chi connectivity index (χ4v) is 5.65. The third-order valence-corrected chi connectivity index (χ3v) is 6.94. The molecule has 4 rings (SSSR count). The first-order chi connectivity index (χ1) is 8.20. The average Bonchev–Trinajstić information content (AvgIpc) is 2.74. The zero-order chi connectivity index (χ0) is 11.6. The van der Waals surface area contributed by atoms with Crippen molar-refractivity contribution in [3.63, 3.8) is 0 Å². The normalized spacial score (nSPS) is 57.3. The Morgan fingerprint density at radius 3 is 2.65 bits per heavy atom. The van der Waals surface area contributed by atoms with E-state index in [0.29, 0.717) is 11.6 Å². The molecular formula is C14H22N2S. The van der Waals surface area contributed by atoms with Crippen LogP contribution in [0.2, 0.25) is 0 Å². The van der Waals surface area contributed by atoms with Gasteiger partial charge in [-0.3, -0.25) is 4.99 Å². The molecule has 1 N–H and O–H groups in total. The molecular weight excluding hydrogens is 228 g/mol. The standard InChI is InChI=1S/C14H22N2S/c1-3-14(2)7-17-13(16-14)15-12-10-8-4-5-9(6-8)11(10)12/h8-12H,3-7H2,1-2H3,(H,15,16). The van der Waals surface area contributed by atoms with Gasteiger partial charge in [0.05, 0.1) is 6.04 Å². The largest absolute Gasteiger partial charge is 0.359 e. The van der Waals surface area contributed by atoms with E-state index in [1.807, 2.05) is 11.8 Å². The minimum absolute atomic E-state index is 0.298. The molecule has 0 spiro atoms. The van der Waals surface area contributed by atoms with Crippen molar-refractivity contribution in [1.29, 1.82) is 0 Å². The van der Waals surface area contributed by atoms with Crippen LogP contribution in [-0.2, 0) is 0 Å². The van der Waals surface area contributed by atoms with E-state index >= 15 is 0 Å². The molecule has 0 amide bonds. The highest BCUT2D eigenvalue weighted by Gasteiger charge is 2.65. The first kappa shape index (κ1) is 10.7. The molecule has 5 atom stereocenters. The highest BCUT2D eigenvalue weighted by atomic mass is 32.2. The Morgan fingerprint density at radius 2 is 2.06 bits per heavy atom. The molecule has 4 fully saturated rings. The number of aliphatic imine (C=N–C) groups is 1. The predicted molar refractivity (Wildman–Crippen MR) is 73.3 cm³/mol. The van der Waals surface area contributed by atoms with Gasteiger partial charge in [-0.25, -0.2) is 0 Å². The summed E-state index contributed by atoms with van der Waals surface area (Å²) in [5.74, 6) is 5.25. The Balaban J connectivity index is 1.46. The van der Waals surface area contributed by atoms with Crippen LogP contribution in [0.4, 0.5) is 0 Å². The lowest BCUT2D eigenvalue weighted by Gasteiger charge is -2.20. The summed E-state index contributed by atoms with van der Waals surface area (Å²) in [6, 6.07) is 0.704. The van der Waals surface area contributed by atoms with Gasteiger partial charge in [-0.1, -0.05) is 18.7 Å². The number of fused-ring (bicyclic) bond motifs is 5. The first-order valence-corrected chi connectivity index (χ1v) is 8.17. The summed E-state index contributed by atoms with van der Waals surface area (Å²) < 4.78 is 0. The molecule has 2 bridgehead atoms. The molecule has 1 aliphatic heterocycles. The van der Waals surface area contributed by atoms with E-state index in [1.54, 1.807) is 0 Å². The third-order valence-electron chi connectivity index (χ3n) is 5.68. The van der Waals surface area contributed by atoms with Gasteiger partial charge in [0.1, 0.15) is 0 Å². The van der Waals surface area contributed by atoms with Crippen LogP contribution in [-0.4, -0.2) is 22.5 Å². The lowest BCUT2D eigenvalue weighted by atomic mass is 10.0. The zero-order valence-electron chi connectivity index (χ0n) is 10.8. The molecule has 4 aliphatic rings. The number of nitrogens with one attached hydrogen (secondary N) is 1. The van der Waals surface area contributed by atoms with E-state index in [9.17, 15) is 0 Å². The quantitative estimate of drug-likeness (QED) is 0.815. The second-order valence-electron chi connectivity index (χ2n) is 6.74. The number of rotatable bonds is 2. The van der Waals surface area contributed by atoms with Crippen molar-refractivity contribution in [2.24, 2.45) is 28.7 Å². The molecule has 0 aromatic carbocycles. The smallest absolute Gasteiger partial charge is 0.157 e. The Bertz CT molecular complexity index is 364. The van der Waals surface area contributed by atoms with Crippen molar-refractivity contribution in [3.05, 3.63) is 0 Å². The molecule has 5 unspecified atom stereocenters. The molecule has 3 saturated carbocycles. The van der Waals surface area contributed by atoms with Crippen molar-refractivity contribution in [2.75, 3.05) is 5.75 Å². The summed E-state index contributed by atoms with van der Waals surface area (Å²) in [6.45, 7) is 4.59. The van der Waals surface area contributed by atoms with Crippen molar-refractivity contribution in [1.82, 2.24) is 5.32 Å². The van der Waals surface area contributed by atoms with Crippen LogP contribution in [0, 0.1) is 23.7 Å². The fraction of sp³-hybridized carbons (Fsp3) is 0.929. The average molecular weight is 250 g/mol. The SMILES string of the molecule is CCC1(C)CSC(=NC2C3C4CCC(C4)C23)N1. The van der Waals surface area contributed by atoms with Gasteiger partial charge >= 0.3 is 0 Å². The molecule has 1 heterocycles. The van der Waals surface area contributed by atoms with Crippen molar-refractivity contribution < 1.29 is 0 Å². The highest BCUT2D eigenvalue weighted by molar-refractivity contribution is 8.14. The lowest BCUT2D eigenvalue weighted by Crippen LogP contribution is -2.39. The molecule has 3 aliphatic carbocycles. The van der Waals surface area contributed by atoms with Gasteiger partial charge in [0, 0.05) is 11.3 Å². The predicted octanol–water partition coefficient (Wildman–Crippen LogP) is 2.89. The Hall–Kier alpha value is -0.180. The van der Waals surface area contributed by atoms with Crippen molar-refractivity contribution >= 4 is 16.9 Å². The van der Waals surface area contributed by atoms with E-state index in [-0.39, 0.29) is 0 Å². The van der Waals surface area contributed by atoms with Crippen LogP contribution < -0.4 is 5.32 Å². The summed E-state index contributed by atoms with van der Waals surface area (Å²) in [4.78, 5) is 5.02. The highest BCUT2D eigenvalue weighted by Crippen LogP contribution is 2.67. The van der Waals surface area contributed by atoms with Gasteiger partial charge in [-0.15, -0.1) is 0 Å². The minimum Gasteiger partial charge on any atom is -0.359 e. The zero-order valence-corrected chi connectivity index (χ0v) is 11.6. The van der Waals surface area contributed by atoms with Crippen LogP contribution in [0.1, 0.15) is 39.5 Å². The molecule has 17 heavy (non-hydrogen) atoms. The van der Waals surface area contributed by atoms with E-state index in [4.69, 9.17) is 4.99 Å². The molecule has 0 aromatic rings. The van der Waals surface area contributed by atoms with Crippen molar-refractivity contribution in [3.8, 4) is 0 Å². The number of thioether (sulfide) groups is 1. The van der Waals surface area contributed by atoms with Gasteiger partial charge in [0.2, 0.25) is 0 Å². The van der Waals surface area contributed by atoms with Gasteiger partial charge in [-0.2, -0.15) is 0 Å². The third kappa shape index (κ3) is 1.50. The second kappa shape index (κ2) is 3.43. The first-order valence-electron chi connectivity index (χ1n) is 7.19. The maximum atomic E-state index is 5.02. The summed E-state index contributed by atoms with van der Waals surface area (Å²) in [7, 11) is 0. The lowest BCUT2D eigenvalue weighted by molar-refractivity contribution is 0.456. The van der Waals surface area contributed by atoms with Gasteiger partial charge in [-0.05, 0) is 56.3 Å². The van der Waals surface area contributed by atoms with Gasteiger partial charge in [0.15, 0.2) is 5.17 Å². The van der Waals surface area contributed by atoms with Crippen LogP contribution in [0.5, 0.6) is 0 Å². The van der Waals surface area contributed by atoms with Crippen molar-refractivity contribution in [2.45, 2.75) is 51.1 Å². The van der Waals surface area contributed by atoms with Crippen LogP contribution in [0.3, 0.4) is 0 Å². The summed E-state index contributed by atoms with van der Waals surface area (Å²) in [6.07, 6.45) is 5.73. The Morgan fingerprint density at radius 1 is 1.35 bits per heavy atom. The Kier molecular flexibility index (Phi) is 2.16.